The minimum Gasteiger partial charge on any atom is -0.303 e. The van der Waals surface area contributed by atoms with E-state index in [1.54, 1.807) is 0 Å². The summed E-state index contributed by atoms with van der Waals surface area (Å²) in [6.07, 6.45) is 3.89. The SMILES string of the molecule is CC(C)=C[C@@H](C)[C@H](C)CC=O. The first-order valence-corrected chi connectivity index (χ1v) is 4.16. The van der Waals surface area contributed by atoms with Gasteiger partial charge in [-0.2, -0.15) is 0 Å². The molecule has 0 heterocycles. The number of rotatable bonds is 4. The van der Waals surface area contributed by atoms with E-state index in [9.17, 15) is 4.79 Å². The first kappa shape index (κ1) is 10.4. The van der Waals surface area contributed by atoms with E-state index in [1.165, 1.54) is 5.57 Å². The molecule has 0 radical (unpaired) electrons. The van der Waals surface area contributed by atoms with Crippen LogP contribution in [0.2, 0.25) is 0 Å². The van der Waals surface area contributed by atoms with Gasteiger partial charge in [-0.15, -0.1) is 0 Å². The Labute approximate surface area is 69.5 Å². The molecule has 0 saturated heterocycles. The van der Waals surface area contributed by atoms with Gasteiger partial charge in [0.15, 0.2) is 0 Å². The molecule has 0 amide bonds. The van der Waals surface area contributed by atoms with Crippen molar-refractivity contribution in [1.82, 2.24) is 0 Å². The molecule has 2 atom stereocenters. The van der Waals surface area contributed by atoms with E-state index < -0.39 is 0 Å². The Bertz CT molecular complexity index is 143. The minimum atomic E-state index is 0.474. The summed E-state index contributed by atoms with van der Waals surface area (Å²) in [5, 5.41) is 0. The third kappa shape index (κ3) is 4.77. The third-order valence-electron chi connectivity index (χ3n) is 1.96. The van der Waals surface area contributed by atoms with E-state index in [4.69, 9.17) is 0 Å². The number of hydrogen-bond donors (Lipinski definition) is 0. The van der Waals surface area contributed by atoms with Crippen molar-refractivity contribution in [1.29, 1.82) is 0 Å². The molecule has 0 saturated carbocycles. The summed E-state index contributed by atoms with van der Waals surface area (Å²) in [5.74, 6) is 0.993. The average Bonchev–Trinajstić information content (AvgIpc) is 1.86. The van der Waals surface area contributed by atoms with E-state index in [0.29, 0.717) is 18.3 Å². The van der Waals surface area contributed by atoms with Crippen LogP contribution in [0.15, 0.2) is 11.6 Å². The highest BCUT2D eigenvalue weighted by molar-refractivity contribution is 5.49. The smallest absolute Gasteiger partial charge is 0.120 e. The average molecular weight is 154 g/mol. The van der Waals surface area contributed by atoms with Crippen molar-refractivity contribution in [2.24, 2.45) is 11.8 Å². The zero-order chi connectivity index (χ0) is 8.85. The molecule has 0 spiro atoms. The summed E-state index contributed by atoms with van der Waals surface area (Å²) in [6, 6.07) is 0. The normalized spacial score (nSPS) is 15.3. The topological polar surface area (TPSA) is 17.1 Å². The molecule has 0 N–H and O–H groups in total. The Morgan fingerprint density at radius 2 is 1.91 bits per heavy atom. The van der Waals surface area contributed by atoms with Gasteiger partial charge in [0.1, 0.15) is 6.29 Å². The summed E-state index contributed by atoms with van der Waals surface area (Å²) in [6.45, 7) is 8.44. The van der Waals surface area contributed by atoms with Gasteiger partial charge >= 0.3 is 0 Å². The molecular weight excluding hydrogens is 136 g/mol. The standard InChI is InChI=1S/C10H18O/c1-8(2)7-10(4)9(3)5-6-11/h6-7,9-10H,5H2,1-4H3/t9-,10-/m1/s1. The molecule has 1 nitrogen and oxygen atoms in total. The van der Waals surface area contributed by atoms with Crippen molar-refractivity contribution < 1.29 is 4.79 Å². The van der Waals surface area contributed by atoms with Crippen LogP contribution in [0.3, 0.4) is 0 Å². The molecule has 0 aromatic carbocycles. The van der Waals surface area contributed by atoms with Crippen LogP contribution in [-0.2, 0) is 4.79 Å². The van der Waals surface area contributed by atoms with Crippen LogP contribution >= 0.6 is 0 Å². The van der Waals surface area contributed by atoms with Gasteiger partial charge in [0.2, 0.25) is 0 Å². The molecule has 0 rings (SSSR count). The van der Waals surface area contributed by atoms with Crippen LogP contribution in [0.1, 0.15) is 34.1 Å². The van der Waals surface area contributed by atoms with Gasteiger partial charge in [-0.3, -0.25) is 0 Å². The van der Waals surface area contributed by atoms with Crippen LogP contribution in [0.5, 0.6) is 0 Å². The van der Waals surface area contributed by atoms with Gasteiger partial charge in [0.05, 0.1) is 0 Å². The first-order valence-electron chi connectivity index (χ1n) is 4.16. The van der Waals surface area contributed by atoms with Gasteiger partial charge in [0, 0.05) is 6.42 Å². The molecule has 64 valence electrons. The molecule has 0 aliphatic rings. The first-order chi connectivity index (χ1) is 5.07. The number of carbonyl (C=O) groups excluding carboxylic acids is 1. The fraction of sp³-hybridized carbons (Fsp3) is 0.700. The Hall–Kier alpha value is -0.590. The Morgan fingerprint density at radius 3 is 2.27 bits per heavy atom. The molecule has 0 aromatic heterocycles. The van der Waals surface area contributed by atoms with Crippen molar-refractivity contribution in [2.45, 2.75) is 34.1 Å². The van der Waals surface area contributed by atoms with Crippen LogP contribution in [0.25, 0.3) is 0 Å². The summed E-state index contributed by atoms with van der Waals surface area (Å²) in [5.41, 5.74) is 1.33. The summed E-state index contributed by atoms with van der Waals surface area (Å²) in [4.78, 5) is 10.2. The van der Waals surface area contributed by atoms with Crippen molar-refractivity contribution in [3.63, 3.8) is 0 Å². The number of hydrogen-bond acceptors (Lipinski definition) is 1. The second-order valence-corrected chi connectivity index (χ2v) is 3.48. The zero-order valence-electron chi connectivity index (χ0n) is 7.92. The van der Waals surface area contributed by atoms with Gasteiger partial charge in [0.25, 0.3) is 0 Å². The van der Waals surface area contributed by atoms with Crippen LogP contribution in [0, 0.1) is 11.8 Å². The fourth-order valence-corrected chi connectivity index (χ4v) is 1.06. The Kier molecular flexibility index (Phi) is 4.84. The van der Waals surface area contributed by atoms with E-state index in [-0.39, 0.29) is 0 Å². The molecule has 0 aliphatic carbocycles. The zero-order valence-corrected chi connectivity index (χ0v) is 7.92. The fourth-order valence-electron chi connectivity index (χ4n) is 1.06. The van der Waals surface area contributed by atoms with E-state index in [2.05, 4.69) is 33.8 Å². The number of allylic oxidation sites excluding steroid dienone is 2. The van der Waals surface area contributed by atoms with Crippen molar-refractivity contribution in [2.75, 3.05) is 0 Å². The van der Waals surface area contributed by atoms with E-state index in [1.807, 2.05) is 0 Å². The lowest BCUT2D eigenvalue weighted by atomic mass is 9.92. The lowest BCUT2D eigenvalue weighted by Crippen LogP contribution is -2.05. The van der Waals surface area contributed by atoms with Gasteiger partial charge in [-0.1, -0.05) is 25.5 Å². The Morgan fingerprint density at radius 1 is 1.36 bits per heavy atom. The summed E-state index contributed by atoms with van der Waals surface area (Å²) < 4.78 is 0. The summed E-state index contributed by atoms with van der Waals surface area (Å²) >= 11 is 0. The quantitative estimate of drug-likeness (QED) is 0.449. The van der Waals surface area contributed by atoms with E-state index >= 15 is 0 Å². The van der Waals surface area contributed by atoms with Crippen LogP contribution < -0.4 is 0 Å². The van der Waals surface area contributed by atoms with Crippen LogP contribution in [0.4, 0.5) is 0 Å². The second-order valence-electron chi connectivity index (χ2n) is 3.48. The molecular formula is C10H18O. The number of carbonyl (C=O) groups is 1. The highest BCUT2D eigenvalue weighted by atomic mass is 16.1. The molecule has 11 heavy (non-hydrogen) atoms. The maximum absolute atomic E-state index is 10.2. The van der Waals surface area contributed by atoms with Gasteiger partial charge in [-0.05, 0) is 25.7 Å². The second kappa shape index (κ2) is 5.11. The lowest BCUT2D eigenvalue weighted by molar-refractivity contribution is -0.108. The van der Waals surface area contributed by atoms with Crippen molar-refractivity contribution >= 4 is 6.29 Å². The summed E-state index contributed by atoms with van der Waals surface area (Å²) in [7, 11) is 0. The van der Waals surface area contributed by atoms with Gasteiger partial charge in [-0.25, -0.2) is 0 Å². The largest absolute Gasteiger partial charge is 0.303 e. The number of aldehydes is 1. The van der Waals surface area contributed by atoms with Crippen LogP contribution in [-0.4, -0.2) is 6.29 Å². The highest BCUT2D eigenvalue weighted by Crippen LogP contribution is 2.16. The molecule has 0 aliphatic heterocycles. The van der Waals surface area contributed by atoms with Crippen molar-refractivity contribution in [3.8, 4) is 0 Å². The minimum absolute atomic E-state index is 0.474. The maximum Gasteiger partial charge on any atom is 0.120 e. The molecule has 1 heteroatoms. The maximum atomic E-state index is 10.2. The highest BCUT2D eigenvalue weighted by Gasteiger charge is 2.07. The molecule has 0 aromatic rings. The third-order valence-corrected chi connectivity index (χ3v) is 1.96. The Balaban J connectivity index is 3.91. The molecule has 0 unspecified atom stereocenters. The van der Waals surface area contributed by atoms with Gasteiger partial charge < -0.3 is 4.79 Å². The molecule has 0 bridgehead atoms. The van der Waals surface area contributed by atoms with Crippen molar-refractivity contribution in [3.05, 3.63) is 11.6 Å². The monoisotopic (exact) mass is 154 g/mol. The lowest BCUT2D eigenvalue weighted by Gasteiger charge is -2.13. The predicted molar refractivity (Wildman–Crippen MR) is 48.4 cm³/mol. The van der Waals surface area contributed by atoms with E-state index in [0.717, 1.165) is 6.29 Å². The predicted octanol–water partition coefficient (Wildman–Crippen LogP) is 2.81. The molecule has 0 fully saturated rings.